The van der Waals surface area contributed by atoms with Gasteiger partial charge in [-0.2, -0.15) is 0 Å². The molecule has 1 aromatic carbocycles. The Morgan fingerprint density at radius 3 is 2.56 bits per heavy atom. The third-order valence-corrected chi connectivity index (χ3v) is 3.89. The Morgan fingerprint density at radius 1 is 1.04 bits per heavy atom. The predicted molar refractivity (Wildman–Crippen MR) is 123 cm³/mol. The van der Waals surface area contributed by atoms with Crippen LogP contribution in [0, 0.1) is 0 Å². The number of hydrogen-bond donors (Lipinski definition) is 3. The minimum atomic E-state index is 0. The first-order valence-electron chi connectivity index (χ1n) is 9.57. The van der Waals surface area contributed by atoms with E-state index in [1.54, 1.807) is 0 Å². The summed E-state index contributed by atoms with van der Waals surface area (Å²) in [4.78, 5) is 8.03. The van der Waals surface area contributed by atoms with Crippen LogP contribution in [0.4, 0.5) is 0 Å². The molecule has 0 aliphatic heterocycles. The van der Waals surface area contributed by atoms with Crippen molar-refractivity contribution in [1.29, 1.82) is 0 Å². The van der Waals surface area contributed by atoms with Gasteiger partial charge in [-0.15, -0.1) is 24.0 Å². The fourth-order valence-electron chi connectivity index (χ4n) is 2.53. The van der Waals surface area contributed by atoms with Crippen molar-refractivity contribution < 1.29 is 9.47 Å². The van der Waals surface area contributed by atoms with E-state index < -0.39 is 0 Å². The lowest BCUT2D eigenvalue weighted by Crippen LogP contribution is -2.39. The molecular formula is C20H33IN4O2. The third kappa shape index (κ3) is 9.44. The fourth-order valence-corrected chi connectivity index (χ4v) is 2.53. The Morgan fingerprint density at radius 2 is 1.81 bits per heavy atom. The van der Waals surface area contributed by atoms with Crippen LogP contribution in [0.15, 0.2) is 35.3 Å². The van der Waals surface area contributed by atoms with E-state index in [1.165, 1.54) is 5.39 Å². The van der Waals surface area contributed by atoms with Gasteiger partial charge >= 0.3 is 0 Å². The zero-order valence-electron chi connectivity index (χ0n) is 16.4. The smallest absolute Gasteiger partial charge is 0.191 e. The SMILES string of the molecule is CCCCOCCOCCNC(=NCc1cc2ccccc2[nH]1)NCC.I. The Balaban J connectivity index is 0.00000364. The number of para-hydroxylation sites is 1. The minimum Gasteiger partial charge on any atom is -0.379 e. The summed E-state index contributed by atoms with van der Waals surface area (Å²) in [5, 5.41) is 7.76. The van der Waals surface area contributed by atoms with Crippen LogP contribution in [-0.2, 0) is 16.0 Å². The lowest BCUT2D eigenvalue weighted by molar-refractivity contribution is 0.0487. The van der Waals surface area contributed by atoms with Crippen LogP contribution in [0.2, 0.25) is 0 Å². The largest absolute Gasteiger partial charge is 0.379 e. The number of fused-ring (bicyclic) bond motifs is 1. The molecule has 2 rings (SSSR count). The Kier molecular flexibility index (Phi) is 12.9. The van der Waals surface area contributed by atoms with E-state index in [4.69, 9.17) is 9.47 Å². The van der Waals surface area contributed by atoms with Gasteiger partial charge in [0.2, 0.25) is 0 Å². The van der Waals surface area contributed by atoms with Gasteiger partial charge in [0.05, 0.1) is 26.4 Å². The van der Waals surface area contributed by atoms with E-state index >= 15 is 0 Å². The summed E-state index contributed by atoms with van der Waals surface area (Å²) in [5.74, 6) is 0.800. The van der Waals surface area contributed by atoms with Gasteiger partial charge in [-0.05, 0) is 30.9 Å². The maximum atomic E-state index is 5.57. The molecule has 0 amide bonds. The molecule has 1 aromatic heterocycles. The maximum absolute atomic E-state index is 5.57. The number of nitrogens with one attached hydrogen (secondary N) is 3. The molecular weight excluding hydrogens is 455 g/mol. The lowest BCUT2D eigenvalue weighted by atomic mass is 10.2. The first-order valence-corrected chi connectivity index (χ1v) is 9.57. The molecule has 7 heteroatoms. The van der Waals surface area contributed by atoms with Gasteiger partial charge in [-0.25, -0.2) is 4.99 Å². The van der Waals surface area contributed by atoms with Gasteiger partial charge in [-0.3, -0.25) is 0 Å². The normalized spacial score (nSPS) is 11.4. The molecule has 0 atom stereocenters. The molecule has 152 valence electrons. The lowest BCUT2D eigenvalue weighted by Gasteiger charge is -2.11. The second kappa shape index (κ2) is 14.7. The van der Waals surface area contributed by atoms with Crippen molar-refractivity contribution in [2.24, 2.45) is 4.99 Å². The van der Waals surface area contributed by atoms with Crippen molar-refractivity contribution in [3.8, 4) is 0 Å². The van der Waals surface area contributed by atoms with E-state index in [1.807, 2.05) is 12.1 Å². The van der Waals surface area contributed by atoms with Gasteiger partial charge < -0.3 is 25.1 Å². The fraction of sp³-hybridized carbons (Fsp3) is 0.550. The summed E-state index contributed by atoms with van der Waals surface area (Å²) in [7, 11) is 0. The molecule has 0 aliphatic rings. The van der Waals surface area contributed by atoms with Crippen LogP contribution in [-0.4, -0.2) is 50.5 Å². The van der Waals surface area contributed by atoms with Crippen LogP contribution in [0.25, 0.3) is 10.9 Å². The molecule has 0 unspecified atom stereocenters. The molecule has 1 heterocycles. The first kappa shape index (κ1) is 23.7. The number of aliphatic imine (C=N–C) groups is 1. The highest BCUT2D eigenvalue weighted by atomic mass is 127. The summed E-state index contributed by atoms with van der Waals surface area (Å²) in [5.41, 5.74) is 2.24. The molecule has 2 aromatic rings. The summed E-state index contributed by atoms with van der Waals surface area (Å²) in [6.45, 7) is 9.12. The van der Waals surface area contributed by atoms with Crippen molar-refractivity contribution in [3.05, 3.63) is 36.0 Å². The predicted octanol–water partition coefficient (Wildman–Crippen LogP) is 3.67. The molecule has 0 radical (unpaired) electrons. The summed E-state index contributed by atoms with van der Waals surface area (Å²) < 4.78 is 11.0. The summed E-state index contributed by atoms with van der Waals surface area (Å²) in [6, 6.07) is 10.4. The maximum Gasteiger partial charge on any atom is 0.191 e. The van der Waals surface area contributed by atoms with E-state index in [0.29, 0.717) is 32.9 Å². The second-order valence-electron chi connectivity index (χ2n) is 6.08. The molecule has 27 heavy (non-hydrogen) atoms. The quantitative estimate of drug-likeness (QED) is 0.185. The van der Waals surface area contributed by atoms with Crippen LogP contribution >= 0.6 is 24.0 Å². The minimum absolute atomic E-state index is 0. The molecule has 0 saturated heterocycles. The molecule has 6 nitrogen and oxygen atoms in total. The molecule has 0 saturated carbocycles. The number of unbranched alkanes of at least 4 members (excludes halogenated alkanes) is 1. The van der Waals surface area contributed by atoms with E-state index in [2.05, 4.69) is 52.7 Å². The van der Waals surface area contributed by atoms with Crippen LogP contribution in [0.3, 0.4) is 0 Å². The van der Waals surface area contributed by atoms with Crippen LogP contribution in [0.1, 0.15) is 32.4 Å². The van der Waals surface area contributed by atoms with Gasteiger partial charge in [0.1, 0.15) is 0 Å². The van der Waals surface area contributed by atoms with E-state index in [-0.39, 0.29) is 24.0 Å². The number of nitrogens with zero attached hydrogens (tertiary/aromatic N) is 1. The number of guanidine groups is 1. The molecule has 0 aliphatic carbocycles. The van der Waals surface area contributed by atoms with Crippen molar-refractivity contribution in [2.75, 3.05) is 39.5 Å². The average molecular weight is 488 g/mol. The topological polar surface area (TPSA) is 70.7 Å². The van der Waals surface area contributed by atoms with Gasteiger partial charge in [0.25, 0.3) is 0 Å². The molecule has 0 spiro atoms. The van der Waals surface area contributed by atoms with Crippen LogP contribution in [0.5, 0.6) is 0 Å². The molecule has 0 bridgehead atoms. The Hall–Kier alpha value is -1.32. The zero-order valence-corrected chi connectivity index (χ0v) is 18.8. The van der Waals surface area contributed by atoms with Gasteiger partial charge in [-0.1, -0.05) is 31.5 Å². The number of ether oxygens (including phenoxy) is 2. The van der Waals surface area contributed by atoms with Crippen LogP contribution < -0.4 is 10.6 Å². The average Bonchev–Trinajstić information content (AvgIpc) is 3.07. The number of rotatable bonds is 12. The highest BCUT2D eigenvalue weighted by Gasteiger charge is 2.01. The number of hydrogen-bond acceptors (Lipinski definition) is 3. The molecule has 3 N–H and O–H groups in total. The summed E-state index contributed by atoms with van der Waals surface area (Å²) in [6.07, 6.45) is 2.27. The standard InChI is InChI=1S/C20H32N4O2.HI/c1-3-5-11-25-13-14-26-12-10-22-20(21-4-2)23-16-18-15-17-8-6-7-9-19(17)24-18;/h6-9,15,24H,3-5,10-14,16H2,1-2H3,(H2,21,22,23);1H. The number of halogens is 1. The zero-order chi connectivity index (χ0) is 18.5. The molecule has 0 fully saturated rings. The Labute approximate surface area is 179 Å². The highest BCUT2D eigenvalue weighted by molar-refractivity contribution is 14.0. The second-order valence-corrected chi connectivity index (χ2v) is 6.08. The van der Waals surface area contributed by atoms with Crippen molar-refractivity contribution in [2.45, 2.75) is 33.2 Å². The van der Waals surface area contributed by atoms with Crippen molar-refractivity contribution in [3.63, 3.8) is 0 Å². The number of H-pyrrole nitrogens is 1. The van der Waals surface area contributed by atoms with Crippen molar-refractivity contribution in [1.82, 2.24) is 15.6 Å². The van der Waals surface area contributed by atoms with Gasteiger partial charge in [0, 0.05) is 30.9 Å². The number of aromatic amines is 1. The van der Waals surface area contributed by atoms with Crippen molar-refractivity contribution >= 4 is 40.8 Å². The van der Waals surface area contributed by atoms with E-state index in [9.17, 15) is 0 Å². The first-order chi connectivity index (χ1) is 12.8. The summed E-state index contributed by atoms with van der Waals surface area (Å²) >= 11 is 0. The number of benzene rings is 1. The highest BCUT2D eigenvalue weighted by Crippen LogP contribution is 2.14. The Bertz CT molecular complexity index is 627. The third-order valence-electron chi connectivity index (χ3n) is 3.89. The monoisotopic (exact) mass is 488 g/mol. The van der Waals surface area contributed by atoms with Gasteiger partial charge in [0.15, 0.2) is 5.96 Å². The van der Waals surface area contributed by atoms with E-state index in [0.717, 1.165) is 43.2 Å². The number of aromatic nitrogens is 1.